The van der Waals surface area contributed by atoms with Gasteiger partial charge in [0.2, 0.25) is 5.95 Å². The summed E-state index contributed by atoms with van der Waals surface area (Å²) < 4.78 is 17.9. The van der Waals surface area contributed by atoms with Crippen LogP contribution in [-0.4, -0.2) is 18.3 Å². The number of halogens is 1. The molecule has 0 unspecified atom stereocenters. The Bertz CT molecular complexity index is 493. The van der Waals surface area contributed by atoms with Crippen LogP contribution in [0.15, 0.2) is 16.5 Å². The number of fused-ring (bicyclic) bond motifs is 1. The van der Waals surface area contributed by atoms with Gasteiger partial charge in [-0.3, -0.25) is 4.79 Å². The first-order valence-electron chi connectivity index (χ1n) is 3.98. The van der Waals surface area contributed by atoms with Gasteiger partial charge in [-0.15, -0.1) is 0 Å². The standard InChI is InChI=1S/C9H7FN2O2/c1-11-8-6(4-13)14-5-2-3-7(10)12-9(5)8/h2-4,11H,1H3. The Morgan fingerprint density at radius 2 is 2.36 bits per heavy atom. The highest BCUT2D eigenvalue weighted by Gasteiger charge is 2.13. The van der Waals surface area contributed by atoms with Crippen LogP contribution in [0, 0.1) is 5.95 Å². The van der Waals surface area contributed by atoms with Crippen molar-refractivity contribution in [2.24, 2.45) is 0 Å². The molecular weight excluding hydrogens is 187 g/mol. The second-order valence-electron chi connectivity index (χ2n) is 2.69. The van der Waals surface area contributed by atoms with Crippen molar-refractivity contribution >= 4 is 23.1 Å². The van der Waals surface area contributed by atoms with Gasteiger partial charge in [0.1, 0.15) is 11.2 Å². The molecule has 5 heteroatoms. The highest BCUT2D eigenvalue weighted by atomic mass is 19.1. The first-order valence-corrected chi connectivity index (χ1v) is 3.98. The fraction of sp³-hybridized carbons (Fsp3) is 0.111. The lowest BCUT2D eigenvalue weighted by Gasteiger charge is -1.94. The van der Waals surface area contributed by atoms with Crippen molar-refractivity contribution in [1.82, 2.24) is 4.98 Å². The zero-order valence-electron chi connectivity index (χ0n) is 7.37. The molecule has 2 aromatic rings. The third-order valence-electron chi connectivity index (χ3n) is 1.88. The van der Waals surface area contributed by atoms with Crippen molar-refractivity contribution in [2.45, 2.75) is 0 Å². The van der Waals surface area contributed by atoms with Gasteiger partial charge < -0.3 is 9.73 Å². The Morgan fingerprint density at radius 1 is 1.57 bits per heavy atom. The summed E-state index contributed by atoms with van der Waals surface area (Å²) in [5, 5.41) is 2.74. The number of carbonyl (C=O) groups excluding carboxylic acids is 1. The molecule has 0 aliphatic rings. The average molecular weight is 194 g/mol. The van der Waals surface area contributed by atoms with Crippen molar-refractivity contribution < 1.29 is 13.6 Å². The lowest BCUT2D eigenvalue weighted by Crippen LogP contribution is -1.92. The van der Waals surface area contributed by atoms with Crippen LogP contribution in [0.4, 0.5) is 10.1 Å². The summed E-state index contributed by atoms with van der Waals surface area (Å²) >= 11 is 0. The molecule has 0 spiro atoms. The minimum atomic E-state index is -0.604. The van der Waals surface area contributed by atoms with E-state index >= 15 is 0 Å². The Labute approximate surface area is 78.7 Å². The van der Waals surface area contributed by atoms with Crippen molar-refractivity contribution in [3.63, 3.8) is 0 Å². The number of carbonyl (C=O) groups is 1. The zero-order chi connectivity index (χ0) is 10.1. The lowest BCUT2D eigenvalue weighted by molar-refractivity contribution is 0.110. The van der Waals surface area contributed by atoms with Crippen LogP contribution in [-0.2, 0) is 0 Å². The summed E-state index contributed by atoms with van der Waals surface area (Å²) in [5.74, 6) is -0.479. The molecule has 0 bridgehead atoms. The zero-order valence-corrected chi connectivity index (χ0v) is 7.37. The number of furan rings is 1. The fourth-order valence-electron chi connectivity index (χ4n) is 1.29. The topological polar surface area (TPSA) is 55.1 Å². The molecule has 72 valence electrons. The van der Waals surface area contributed by atoms with E-state index in [1.165, 1.54) is 12.1 Å². The Morgan fingerprint density at radius 3 is 3.00 bits per heavy atom. The smallest absolute Gasteiger partial charge is 0.213 e. The maximum Gasteiger partial charge on any atom is 0.213 e. The molecule has 0 saturated heterocycles. The summed E-state index contributed by atoms with van der Waals surface area (Å²) in [6.45, 7) is 0. The fourth-order valence-corrected chi connectivity index (χ4v) is 1.29. The predicted octanol–water partition coefficient (Wildman–Crippen LogP) is 1.82. The molecule has 14 heavy (non-hydrogen) atoms. The minimum absolute atomic E-state index is 0.126. The second kappa shape index (κ2) is 3.10. The van der Waals surface area contributed by atoms with E-state index in [1.54, 1.807) is 7.05 Å². The van der Waals surface area contributed by atoms with E-state index in [2.05, 4.69) is 10.3 Å². The van der Waals surface area contributed by atoms with Crippen LogP contribution in [0.3, 0.4) is 0 Å². The molecule has 1 N–H and O–H groups in total. The molecule has 2 rings (SSSR count). The van der Waals surface area contributed by atoms with Gasteiger partial charge in [-0.1, -0.05) is 0 Å². The third kappa shape index (κ3) is 1.14. The normalized spacial score (nSPS) is 10.4. The number of nitrogens with zero attached hydrogens (tertiary/aromatic N) is 1. The Kier molecular flexibility index (Phi) is 1.92. The van der Waals surface area contributed by atoms with Gasteiger partial charge in [-0.25, -0.2) is 4.98 Å². The minimum Gasteiger partial charge on any atom is -0.449 e. The van der Waals surface area contributed by atoms with Crippen LogP contribution in [0.5, 0.6) is 0 Å². The van der Waals surface area contributed by atoms with Crippen LogP contribution in [0.2, 0.25) is 0 Å². The van der Waals surface area contributed by atoms with E-state index in [9.17, 15) is 9.18 Å². The van der Waals surface area contributed by atoms with E-state index < -0.39 is 5.95 Å². The van der Waals surface area contributed by atoms with Gasteiger partial charge in [-0.05, 0) is 12.1 Å². The molecule has 4 nitrogen and oxygen atoms in total. The number of nitrogens with one attached hydrogen (secondary N) is 1. The monoisotopic (exact) mass is 194 g/mol. The average Bonchev–Trinajstić information content (AvgIpc) is 2.54. The molecule has 2 aromatic heterocycles. The Balaban J connectivity index is 2.81. The van der Waals surface area contributed by atoms with Gasteiger partial charge in [0.15, 0.2) is 17.6 Å². The van der Waals surface area contributed by atoms with Gasteiger partial charge in [0.25, 0.3) is 0 Å². The lowest BCUT2D eigenvalue weighted by atomic mass is 10.3. The molecule has 2 heterocycles. The number of pyridine rings is 1. The van der Waals surface area contributed by atoms with E-state index in [0.29, 0.717) is 23.1 Å². The largest absolute Gasteiger partial charge is 0.449 e. The van der Waals surface area contributed by atoms with Crippen molar-refractivity contribution in [3.05, 3.63) is 23.8 Å². The summed E-state index contributed by atoms with van der Waals surface area (Å²) in [5.41, 5.74) is 1.13. The van der Waals surface area contributed by atoms with E-state index in [1.807, 2.05) is 0 Å². The number of rotatable bonds is 2. The number of anilines is 1. The molecule has 0 aliphatic carbocycles. The Hall–Kier alpha value is -1.91. The van der Waals surface area contributed by atoms with Gasteiger partial charge >= 0.3 is 0 Å². The van der Waals surface area contributed by atoms with Crippen molar-refractivity contribution in [1.29, 1.82) is 0 Å². The summed E-state index contributed by atoms with van der Waals surface area (Å²) in [6, 6.07) is 2.62. The molecule has 0 amide bonds. The van der Waals surface area contributed by atoms with Crippen LogP contribution in [0.25, 0.3) is 11.1 Å². The van der Waals surface area contributed by atoms with Gasteiger partial charge in [0, 0.05) is 7.05 Å². The second-order valence-corrected chi connectivity index (χ2v) is 2.69. The molecule has 0 atom stereocenters. The highest BCUT2D eigenvalue weighted by Crippen LogP contribution is 2.27. The SMILES string of the molecule is CNc1c(C=O)oc2ccc(F)nc12. The molecular formula is C9H7FN2O2. The van der Waals surface area contributed by atoms with Gasteiger partial charge in [-0.2, -0.15) is 4.39 Å². The van der Waals surface area contributed by atoms with Gasteiger partial charge in [0.05, 0.1) is 0 Å². The molecule has 0 saturated carbocycles. The summed E-state index contributed by atoms with van der Waals surface area (Å²) in [4.78, 5) is 14.2. The quantitative estimate of drug-likeness (QED) is 0.585. The molecule has 0 aliphatic heterocycles. The number of hydrogen-bond acceptors (Lipinski definition) is 4. The van der Waals surface area contributed by atoms with Crippen molar-refractivity contribution in [3.8, 4) is 0 Å². The van der Waals surface area contributed by atoms with E-state index in [-0.39, 0.29) is 5.76 Å². The van der Waals surface area contributed by atoms with Crippen LogP contribution >= 0.6 is 0 Å². The first kappa shape index (κ1) is 8.68. The number of aromatic nitrogens is 1. The number of aldehydes is 1. The highest BCUT2D eigenvalue weighted by molar-refractivity contribution is 5.96. The third-order valence-corrected chi connectivity index (χ3v) is 1.88. The maximum absolute atomic E-state index is 12.8. The molecule has 0 aromatic carbocycles. The summed E-state index contributed by atoms with van der Waals surface area (Å²) in [7, 11) is 1.61. The first-order chi connectivity index (χ1) is 6.76. The summed E-state index contributed by atoms with van der Waals surface area (Å²) in [6.07, 6.45) is 0.561. The van der Waals surface area contributed by atoms with Crippen LogP contribution < -0.4 is 5.32 Å². The van der Waals surface area contributed by atoms with Crippen LogP contribution in [0.1, 0.15) is 10.6 Å². The van der Waals surface area contributed by atoms with E-state index in [4.69, 9.17) is 4.42 Å². The molecule has 0 radical (unpaired) electrons. The molecule has 0 fully saturated rings. The predicted molar refractivity (Wildman–Crippen MR) is 48.9 cm³/mol. The number of hydrogen-bond donors (Lipinski definition) is 1. The van der Waals surface area contributed by atoms with E-state index in [0.717, 1.165) is 0 Å². The maximum atomic E-state index is 12.8. The van der Waals surface area contributed by atoms with Crippen molar-refractivity contribution in [2.75, 3.05) is 12.4 Å².